The Morgan fingerprint density at radius 3 is 2.57 bits per heavy atom. The number of rotatable bonds is 4. The van der Waals surface area contributed by atoms with Crippen molar-refractivity contribution < 1.29 is 9.59 Å². The maximum Gasteiger partial charge on any atom is 0.321 e. The Morgan fingerprint density at radius 1 is 1.10 bits per heavy atom. The molecule has 0 spiro atoms. The smallest absolute Gasteiger partial charge is 0.321 e. The summed E-state index contributed by atoms with van der Waals surface area (Å²) in [4.78, 5) is 25.0. The lowest BCUT2D eigenvalue weighted by atomic mass is 10.1. The molecule has 0 aliphatic rings. The fourth-order valence-corrected chi connectivity index (χ4v) is 2.21. The number of imide groups is 1. The minimum Gasteiger partial charge on any atom is -0.365 e. The summed E-state index contributed by atoms with van der Waals surface area (Å²) in [5.74, 6) is -0.337. The van der Waals surface area contributed by atoms with Gasteiger partial charge >= 0.3 is 6.03 Å². The molecule has 0 fully saturated rings. The van der Waals surface area contributed by atoms with Gasteiger partial charge < -0.3 is 10.2 Å². The van der Waals surface area contributed by atoms with E-state index in [2.05, 4.69) is 10.6 Å². The first kappa shape index (κ1) is 14.8. The number of nitrogens with one attached hydrogen (secondary N) is 2. The first-order valence-electron chi connectivity index (χ1n) is 6.88. The third-order valence-corrected chi connectivity index (χ3v) is 3.15. The first-order valence-corrected chi connectivity index (χ1v) is 6.88. The molecule has 110 valence electrons. The Balaban J connectivity index is 2.10. The number of carbonyl (C=O) groups is 2. The molecule has 0 aromatic heterocycles. The number of hydrogen-bond acceptors (Lipinski definition) is 3. The minimum atomic E-state index is -0.464. The third-order valence-electron chi connectivity index (χ3n) is 3.15. The number of benzene rings is 2. The molecule has 21 heavy (non-hydrogen) atoms. The van der Waals surface area contributed by atoms with Crippen LogP contribution in [0.4, 0.5) is 10.5 Å². The molecular weight excluding hydrogens is 266 g/mol. The SMILES string of the molecule is CCNC(=O)NC(=O)CN(C)c1cccc2ccccc12. The topological polar surface area (TPSA) is 61.4 Å². The quantitative estimate of drug-likeness (QED) is 0.904. The summed E-state index contributed by atoms with van der Waals surface area (Å²) in [5, 5.41) is 7.02. The standard InChI is InChI=1S/C16H19N3O2/c1-3-17-16(21)18-15(20)11-19(2)14-10-6-8-12-7-4-5-9-13(12)14/h4-10H,3,11H2,1-2H3,(H2,17,18,20,21). The van der Waals surface area contributed by atoms with Crippen LogP contribution in [0.15, 0.2) is 42.5 Å². The second-order valence-corrected chi connectivity index (χ2v) is 4.76. The molecule has 2 rings (SSSR count). The van der Waals surface area contributed by atoms with Gasteiger partial charge in [0.2, 0.25) is 5.91 Å². The zero-order chi connectivity index (χ0) is 15.2. The van der Waals surface area contributed by atoms with Gasteiger partial charge in [-0.1, -0.05) is 36.4 Å². The Kier molecular flexibility index (Phi) is 4.77. The summed E-state index contributed by atoms with van der Waals surface area (Å²) >= 11 is 0. The number of likely N-dealkylation sites (N-methyl/N-ethyl adjacent to an activating group) is 1. The molecule has 0 saturated heterocycles. The van der Waals surface area contributed by atoms with E-state index in [-0.39, 0.29) is 12.5 Å². The van der Waals surface area contributed by atoms with Crippen molar-refractivity contribution in [1.82, 2.24) is 10.6 Å². The van der Waals surface area contributed by atoms with Crippen molar-refractivity contribution in [2.45, 2.75) is 6.92 Å². The first-order chi connectivity index (χ1) is 10.1. The van der Waals surface area contributed by atoms with E-state index in [1.807, 2.05) is 54.4 Å². The van der Waals surface area contributed by atoms with E-state index in [1.54, 1.807) is 6.92 Å². The van der Waals surface area contributed by atoms with Crippen LogP contribution in [0, 0.1) is 0 Å². The second-order valence-electron chi connectivity index (χ2n) is 4.76. The van der Waals surface area contributed by atoms with Gasteiger partial charge in [0.15, 0.2) is 0 Å². The highest BCUT2D eigenvalue weighted by atomic mass is 16.2. The molecule has 0 atom stereocenters. The van der Waals surface area contributed by atoms with Crippen LogP contribution in [0.3, 0.4) is 0 Å². The van der Waals surface area contributed by atoms with Crippen LogP contribution in [0.5, 0.6) is 0 Å². The monoisotopic (exact) mass is 285 g/mol. The molecule has 2 N–H and O–H groups in total. The highest BCUT2D eigenvalue weighted by Gasteiger charge is 2.12. The van der Waals surface area contributed by atoms with Gasteiger partial charge in [-0.2, -0.15) is 0 Å². The molecule has 2 aromatic rings. The fourth-order valence-electron chi connectivity index (χ4n) is 2.21. The Morgan fingerprint density at radius 2 is 1.81 bits per heavy atom. The number of nitrogens with zero attached hydrogens (tertiary/aromatic N) is 1. The number of anilines is 1. The molecule has 0 bridgehead atoms. The molecular formula is C16H19N3O2. The van der Waals surface area contributed by atoms with Crippen LogP contribution < -0.4 is 15.5 Å². The van der Waals surface area contributed by atoms with E-state index in [0.717, 1.165) is 16.5 Å². The van der Waals surface area contributed by atoms with Crippen LogP contribution in [0.2, 0.25) is 0 Å². The van der Waals surface area contributed by atoms with E-state index in [4.69, 9.17) is 0 Å². The largest absolute Gasteiger partial charge is 0.365 e. The molecule has 0 unspecified atom stereocenters. The van der Waals surface area contributed by atoms with Crippen molar-refractivity contribution in [2.75, 3.05) is 25.0 Å². The lowest BCUT2D eigenvalue weighted by molar-refractivity contribution is -0.118. The molecule has 5 nitrogen and oxygen atoms in total. The van der Waals surface area contributed by atoms with E-state index < -0.39 is 6.03 Å². The third kappa shape index (κ3) is 3.72. The summed E-state index contributed by atoms with van der Waals surface area (Å²) in [5.41, 5.74) is 0.958. The van der Waals surface area contributed by atoms with E-state index in [0.29, 0.717) is 6.54 Å². The minimum absolute atomic E-state index is 0.116. The Bertz CT molecular complexity index is 650. The van der Waals surface area contributed by atoms with Crippen LogP contribution >= 0.6 is 0 Å². The van der Waals surface area contributed by atoms with Gasteiger partial charge in [-0.05, 0) is 18.4 Å². The lowest BCUT2D eigenvalue weighted by Gasteiger charge is -2.20. The summed E-state index contributed by atoms with van der Waals surface area (Å²) in [6.45, 7) is 2.40. The van der Waals surface area contributed by atoms with Crippen molar-refractivity contribution in [3.05, 3.63) is 42.5 Å². The number of hydrogen-bond donors (Lipinski definition) is 2. The molecule has 0 heterocycles. The zero-order valence-electron chi connectivity index (χ0n) is 12.2. The molecule has 5 heteroatoms. The van der Waals surface area contributed by atoms with Gasteiger partial charge in [-0.25, -0.2) is 4.79 Å². The van der Waals surface area contributed by atoms with Gasteiger partial charge in [0.05, 0.1) is 6.54 Å². The average Bonchev–Trinajstić information content (AvgIpc) is 2.46. The van der Waals surface area contributed by atoms with Crippen molar-refractivity contribution in [3.63, 3.8) is 0 Å². The zero-order valence-corrected chi connectivity index (χ0v) is 12.2. The maximum absolute atomic E-state index is 11.8. The predicted molar refractivity (Wildman–Crippen MR) is 84.4 cm³/mol. The molecule has 0 radical (unpaired) electrons. The van der Waals surface area contributed by atoms with Crippen LogP contribution in [-0.4, -0.2) is 32.1 Å². The Labute approximate surface area is 123 Å². The normalized spacial score (nSPS) is 10.2. The average molecular weight is 285 g/mol. The van der Waals surface area contributed by atoms with Crippen LogP contribution in [0.25, 0.3) is 10.8 Å². The highest BCUT2D eigenvalue weighted by molar-refractivity contribution is 5.99. The van der Waals surface area contributed by atoms with Gasteiger partial charge in [-0.15, -0.1) is 0 Å². The van der Waals surface area contributed by atoms with E-state index >= 15 is 0 Å². The van der Waals surface area contributed by atoms with Gasteiger partial charge in [0.1, 0.15) is 0 Å². The summed E-state index contributed by atoms with van der Waals surface area (Å²) in [6.07, 6.45) is 0. The van der Waals surface area contributed by atoms with Gasteiger partial charge in [0, 0.05) is 24.7 Å². The maximum atomic E-state index is 11.8. The molecule has 2 aromatic carbocycles. The summed E-state index contributed by atoms with van der Waals surface area (Å²) in [6, 6.07) is 13.5. The molecule has 0 saturated carbocycles. The summed E-state index contributed by atoms with van der Waals surface area (Å²) in [7, 11) is 1.83. The van der Waals surface area contributed by atoms with Crippen molar-refractivity contribution in [1.29, 1.82) is 0 Å². The number of fused-ring (bicyclic) bond motifs is 1. The van der Waals surface area contributed by atoms with Crippen LogP contribution in [0.1, 0.15) is 6.92 Å². The summed E-state index contributed by atoms with van der Waals surface area (Å²) < 4.78 is 0. The number of amides is 3. The van der Waals surface area contributed by atoms with Gasteiger partial charge in [-0.3, -0.25) is 10.1 Å². The van der Waals surface area contributed by atoms with Crippen LogP contribution in [-0.2, 0) is 4.79 Å². The number of urea groups is 1. The van der Waals surface area contributed by atoms with E-state index in [1.165, 1.54) is 0 Å². The predicted octanol–water partition coefficient (Wildman–Crippen LogP) is 2.12. The number of carbonyl (C=O) groups excluding carboxylic acids is 2. The van der Waals surface area contributed by atoms with Crippen molar-refractivity contribution >= 4 is 28.4 Å². The molecule has 0 aliphatic heterocycles. The molecule has 3 amide bonds. The van der Waals surface area contributed by atoms with Crippen molar-refractivity contribution in [3.8, 4) is 0 Å². The Hall–Kier alpha value is -2.56. The van der Waals surface area contributed by atoms with Gasteiger partial charge in [0.25, 0.3) is 0 Å². The van der Waals surface area contributed by atoms with E-state index in [9.17, 15) is 9.59 Å². The van der Waals surface area contributed by atoms with Crippen molar-refractivity contribution in [2.24, 2.45) is 0 Å². The fraction of sp³-hybridized carbons (Fsp3) is 0.250. The lowest BCUT2D eigenvalue weighted by Crippen LogP contribution is -2.43. The molecule has 0 aliphatic carbocycles. The second kappa shape index (κ2) is 6.74. The highest BCUT2D eigenvalue weighted by Crippen LogP contribution is 2.25.